The lowest BCUT2D eigenvalue weighted by molar-refractivity contribution is 0.237. The topological polar surface area (TPSA) is 29.3 Å². The number of halogens is 2. The summed E-state index contributed by atoms with van der Waals surface area (Å²) >= 11 is 12.0. The molecule has 2 N–H and O–H groups in total. The van der Waals surface area contributed by atoms with E-state index in [1.54, 1.807) is 0 Å². The van der Waals surface area contributed by atoms with Crippen molar-refractivity contribution in [2.45, 2.75) is 37.4 Å². The Morgan fingerprint density at radius 1 is 1.12 bits per heavy atom. The van der Waals surface area contributed by atoms with Crippen molar-refractivity contribution < 1.29 is 0 Å². The summed E-state index contributed by atoms with van der Waals surface area (Å²) in [5.41, 5.74) is 7.44. The molecule has 2 atom stereocenters. The highest BCUT2D eigenvalue weighted by Gasteiger charge is 2.41. The fourth-order valence-corrected chi connectivity index (χ4v) is 3.10. The van der Waals surface area contributed by atoms with Crippen LogP contribution in [0.3, 0.4) is 0 Å². The van der Waals surface area contributed by atoms with Crippen molar-refractivity contribution in [2.75, 3.05) is 6.54 Å². The van der Waals surface area contributed by atoms with Crippen LogP contribution in [0.2, 0.25) is 10.0 Å². The fraction of sp³-hybridized carbons (Fsp3) is 0.538. The van der Waals surface area contributed by atoms with Crippen molar-refractivity contribution in [1.82, 2.24) is 4.90 Å². The van der Waals surface area contributed by atoms with Crippen LogP contribution in [-0.4, -0.2) is 23.5 Å². The van der Waals surface area contributed by atoms with E-state index in [0.717, 1.165) is 19.0 Å². The molecule has 1 saturated carbocycles. The molecular weight excluding hydrogens is 255 g/mol. The maximum Gasteiger partial charge on any atom is 0.0595 e. The molecule has 2 unspecified atom stereocenters. The zero-order chi connectivity index (χ0) is 12.0. The SMILES string of the molecule is NC1CCN(C2CC2)C1c1ccc(Cl)c(Cl)c1. The zero-order valence-corrected chi connectivity index (χ0v) is 11.1. The molecule has 2 aliphatic rings. The van der Waals surface area contributed by atoms with Crippen molar-refractivity contribution in [1.29, 1.82) is 0 Å². The number of nitrogens with two attached hydrogens (primary N) is 1. The van der Waals surface area contributed by atoms with Crippen molar-refractivity contribution in [3.05, 3.63) is 33.8 Å². The number of hydrogen-bond acceptors (Lipinski definition) is 2. The second-order valence-corrected chi connectivity index (χ2v) is 5.85. The summed E-state index contributed by atoms with van der Waals surface area (Å²) < 4.78 is 0. The summed E-state index contributed by atoms with van der Waals surface area (Å²) in [4.78, 5) is 2.53. The van der Waals surface area contributed by atoms with Gasteiger partial charge in [-0.1, -0.05) is 29.3 Å². The Hall–Kier alpha value is -0.280. The third-order valence-corrected chi connectivity index (χ3v) is 4.52. The number of rotatable bonds is 2. The van der Waals surface area contributed by atoms with Crippen molar-refractivity contribution in [3.63, 3.8) is 0 Å². The molecule has 1 aliphatic carbocycles. The maximum atomic E-state index is 6.24. The van der Waals surface area contributed by atoms with Gasteiger partial charge < -0.3 is 5.73 Å². The van der Waals surface area contributed by atoms with Gasteiger partial charge in [0.15, 0.2) is 0 Å². The van der Waals surface area contributed by atoms with E-state index in [1.807, 2.05) is 12.1 Å². The molecule has 4 heteroatoms. The first-order chi connectivity index (χ1) is 8.16. The predicted octanol–water partition coefficient (Wildman–Crippen LogP) is 3.23. The highest BCUT2D eigenvalue weighted by atomic mass is 35.5. The number of benzene rings is 1. The average Bonchev–Trinajstić information content (AvgIpc) is 3.07. The fourth-order valence-electron chi connectivity index (χ4n) is 2.79. The lowest BCUT2D eigenvalue weighted by Crippen LogP contribution is -2.33. The van der Waals surface area contributed by atoms with E-state index < -0.39 is 0 Å². The van der Waals surface area contributed by atoms with E-state index in [4.69, 9.17) is 28.9 Å². The molecule has 0 aromatic heterocycles. The molecule has 3 rings (SSSR count). The Bertz CT molecular complexity index is 431. The maximum absolute atomic E-state index is 6.24. The van der Waals surface area contributed by atoms with Gasteiger partial charge in [0.2, 0.25) is 0 Å². The van der Waals surface area contributed by atoms with Gasteiger partial charge in [0.05, 0.1) is 16.1 Å². The lowest BCUT2D eigenvalue weighted by atomic mass is 10.0. The Balaban J connectivity index is 1.91. The molecule has 92 valence electrons. The summed E-state index contributed by atoms with van der Waals surface area (Å²) in [5, 5.41) is 1.24. The molecule has 1 heterocycles. The van der Waals surface area contributed by atoms with Crippen molar-refractivity contribution in [3.8, 4) is 0 Å². The zero-order valence-electron chi connectivity index (χ0n) is 9.57. The molecular formula is C13H16Cl2N2. The van der Waals surface area contributed by atoms with Gasteiger partial charge in [-0.25, -0.2) is 0 Å². The summed E-state index contributed by atoms with van der Waals surface area (Å²) in [7, 11) is 0. The molecule has 2 fully saturated rings. The van der Waals surface area contributed by atoms with Gasteiger partial charge in [0.25, 0.3) is 0 Å². The normalized spacial score (nSPS) is 29.8. The summed E-state index contributed by atoms with van der Waals surface area (Å²) in [6.45, 7) is 1.11. The Labute approximate surface area is 112 Å². The van der Waals surface area contributed by atoms with Gasteiger partial charge in [0, 0.05) is 18.6 Å². The monoisotopic (exact) mass is 270 g/mol. The molecule has 1 saturated heterocycles. The van der Waals surface area contributed by atoms with Gasteiger partial charge in [-0.15, -0.1) is 0 Å². The second kappa shape index (κ2) is 4.43. The summed E-state index contributed by atoms with van der Waals surface area (Å²) in [6, 6.07) is 7.16. The molecule has 0 amide bonds. The largest absolute Gasteiger partial charge is 0.326 e. The third kappa shape index (κ3) is 2.19. The molecule has 0 bridgehead atoms. The van der Waals surface area contributed by atoms with Crippen LogP contribution < -0.4 is 5.73 Å². The Morgan fingerprint density at radius 2 is 1.88 bits per heavy atom. The minimum Gasteiger partial charge on any atom is -0.326 e. The van der Waals surface area contributed by atoms with E-state index in [0.29, 0.717) is 16.1 Å². The van der Waals surface area contributed by atoms with Crippen LogP contribution in [0.15, 0.2) is 18.2 Å². The Morgan fingerprint density at radius 3 is 2.53 bits per heavy atom. The van der Waals surface area contributed by atoms with Crippen LogP contribution in [0, 0.1) is 0 Å². The van der Waals surface area contributed by atoms with Crippen LogP contribution in [-0.2, 0) is 0 Å². The van der Waals surface area contributed by atoms with Crippen molar-refractivity contribution >= 4 is 23.2 Å². The van der Waals surface area contributed by atoms with Crippen LogP contribution in [0.25, 0.3) is 0 Å². The minimum atomic E-state index is 0.216. The van der Waals surface area contributed by atoms with E-state index in [9.17, 15) is 0 Å². The standard InChI is InChI=1S/C13H16Cl2N2/c14-10-4-1-8(7-11(10)15)13-12(16)5-6-17(13)9-2-3-9/h1,4,7,9,12-13H,2-3,5-6,16H2. The number of hydrogen-bond donors (Lipinski definition) is 1. The lowest BCUT2D eigenvalue weighted by Gasteiger charge is -2.27. The predicted molar refractivity (Wildman–Crippen MR) is 71.5 cm³/mol. The molecule has 2 nitrogen and oxygen atoms in total. The highest BCUT2D eigenvalue weighted by Crippen LogP contribution is 2.41. The van der Waals surface area contributed by atoms with Crippen LogP contribution >= 0.6 is 23.2 Å². The van der Waals surface area contributed by atoms with Crippen LogP contribution in [0.4, 0.5) is 0 Å². The van der Waals surface area contributed by atoms with Gasteiger partial charge in [-0.05, 0) is 37.0 Å². The van der Waals surface area contributed by atoms with Crippen LogP contribution in [0.1, 0.15) is 30.9 Å². The van der Waals surface area contributed by atoms with Crippen molar-refractivity contribution in [2.24, 2.45) is 5.73 Å². The first-order valence-corrected chi connectivity index (χ1v) is 6.88. The number of likely N-dealkylation sites (tertiary alicyclic amines) is 1. The number of nitrogens with zero attached hydrogens (tertiary/aromatic N) is 1. The smallest absolute Gasteiger partial charge is 0.0595 e. The van der Waals surface area contributed by atoms with E-state index in [-0.39, 0.29) is 6.04 Å². The molecule has 1 aliphatic heterocycles. The van der Waals surface area contributed by atoms with Gasteiger partial charge in [-0.3, -0.25) is 4.90 Å². The summed E-state index contributed by atoms with van der Waals surface area (Å²) in [6.07, 6.45) is 3.69. The van der Waals surface area contributed by atoms with E-state index in [1.165, 1.54) is 18.4 Å². The first-order valence-electron chi connectivity index (χ1n) is 6.13. The minimum absolute atomic E-state index is 0.216. The quantitative estimate of drug-likeness (QED) is 0.894. The van der Waals surface area contributed by atoms with Gasteiger partial charge in [0.1, 0.15) is 0 Å². The Kier molecular flexibility index (Phi) is 3.07. The first kappa shape index (κ1) is 11.8. The highest BCUT2D eigenvalue weighted by molar-refractivity contribution is 6.42. The van der Waals surface area contributed by atoms with Crippen LogP contribution in [0.5, 0.6) is 0 Å². The molecule has 1 aromatic carbocycles. The van der Waals surface area contributed by atoms with Gasteiger partial charge >= 0.3 is 0 Å². The third-order valence-electron chi connectivity index (χ3n) is 3.78. The average molecular weight is 271 g/mol. The van der Waals surface area contributed by atoms with E-state index in [2.05, 4.69) is 11.0 Å². The molecule has 0 radical (unpaired) electrons. The van der Waals surface area contributed by atoms with Gasteiger partial charge in [-0.2, -0.15) is 0 Å². The molecule has 17 heavy (non-hydrogen) atoms. The molecule has 0 spiro atoms. The molecule has 1 aromatic rings. The second-order valence-electron chi connectivity index (χ2n) is 5.04. The van der Waals surface area contributed by atoms with E-state index >= 15 is 0 Å². The summed E-state index contributed by atoms with van der Waals surface area (Å²) in [5.74, 6) is 0.